The topological polar surface area (TPSA) is 37.3 Å². The minimum atomic E-state index is -0.748. The summed E-state index contributed by atoms with van der Waals surface area (Å²) in [6.45, 7) is 0. The zero-order valence-electron chi connectivity index (χ0n) is 10.3. The standard InChI is InChI=1S/C16H13FO2/c17-14-7-3-12(4-8-14)11-1-5-13(6-2-11)16(9-10-16)15(18)19/h1-8H,9-10H2,(H,18,19). The van der Waals surface area contributed by atoms with Crippen LogP contribution in [0.1, 0.15) is 18.4 Å². The lowest BCUT2D eigenvalue weighted by atomic mass is 9.94. The molecule has 2 aromatic rings. The van der Waals surface area contributed by atoms with Crippen LogP contribution in [0.4, 0.5) is 4.39 Å². The van der Waals surface area contributed by atoms with Crippen molar-refractivity contribution < 1.29 is 14.3 Å². The van der Waals surface area contributed by atoms with E-state index in [9.17, 15) is 14.3 Å². The Morgan fingerprint density at radius 1 is 0.947 bits per heavy atom. The Bertz CT molecular complexity index is 610. The van der Waals surface area contributed by atoms with Gasteiger partial charge in [0.1, 0.15) is 5.82 Å². The maximum Gasteiger partial charge on any atom is 0.314 e. The van der Waals surface area contributed by atoms with Crippen molar-refractivity contribution >= 4 is 5.97 Å². The fourth-order valence-corrected chi connectivity index (χ4v) is 2.38. The Kier molecular flexibility index (Phi) is 2.63. The molecule has 0 spiro atoms. The molecule has 1 N–H and O–H groups in total. The Balaban J connectivity index is 1.91. The van der Waals surface area contributed by atoms with Crippen LogP contribution in [0.5, 0.6) is 0 Å². The maximum atomic E-state index is 12.9. The first-order chi connectivity index (χ1) is 9.12. The molecule has 19 heavy (non-hydrogen) atoms. The third-order valence-corrected chi connectivity index (χ3v) is 3.77. The first-order valence-electron chi connectivity index (χ1n) is 6.22. The largest absolute Gasteiger partial charge is 0.481 e. The van der Waals surface area contributed by atoms with Crippen LogP contribution in [0.15, 0.2) is 48.5 Å². The van der Waals surface area contributed by atoms with Crippen molar-refractivity contribution in [2.24, 2.45) is 0 Å². The van der Waals surface area contributed by atoms with E-state index in [0.29, 0.717) is 12.8 Å². The molecule has 0 aliphatic heterocycles. The molecule has 0 heterocycles. The summed E-state index contributed by atoms with van der Waals surface area (Å²) in [7, 11) is 0. The van der Waals surface area contributed by atoms with Gasteiger partial charge in [-0.1, -0.05) is 36.4 Å². The van der Waals surface area contributed by atoms with Gasteiger partial charge in [0.2, 0.25) is 0 Å². The third-order valence-electron chi connectivity index (χ3n) is 3.77. The third kappa shape index (κ3) is 2.01. The molecule has 0 aromatic heterocycles. The Morgan fingerprint density at radius 3 is 1.84 bits per heavy atom. The molecule has 1 saturated carbocycles. The minimum Gasteiger partial charge on any atom is -0.481 e. The van der Waals surface area contributed by atoms with Gasteiger partial charge in [0.05, 0.1) is 5.41 Å². The highest BCUT2D eigenvalue weighted by Crippen LogP contribution is 2.48. The molecule has 3 rings (SSSR count). The molecule has 96 valence electrons. The number of hydrogen-bond donors (Lipinski definition) is 1. The summed E-state index contributed by atoms with van der Waals surface area (Å²) in [5.41, 5.74) is 2.07. The first-order valence-corrected chi connectivity index (χ1v) is 6.22. The number of carboxylic acids is 1. The van der Waals surface area contributed by atoms with Crippen LogP contribution in [0.25, 0.3) is 11.1 Å². The van der Waals surface area contributed by atoms with E-state index in [1.165, 1.54) is 12.1 Å². The second kappa shape index (κ2) is 4.19. The van der Waals surface area contributed by atoms with E-state index in [1.54, 1.807) is 12.1 Å². The normalized spacial score (nSPS) is 16.1. The lowest BCUT2D eigenvalue weighted by Gasteiger charge is -2.11. The first kappa shape index (κ1) is 11.9. The zero-order valence-corrected chi connectivity index (χ0v) is 10.3. The SMILES string of the molecule is O=C(O)C1(c2ccc(-c3ccc(F)cc3)cc2)CC1. The van der Waals surface area contributed by atoms with E-state index in [2.05, 4.69) is 0 Å². The average Bonchev–Trinajstić information content (AvgIpc) is 3.21. The predicted octanol–water partition coefficient (Wildman–Crippen LogP) is 3.61. The molecule has 0 bridgehead atoms. The van der Waals surface area contributed by atoms with Crippen molar-refractivity contribution in [3.05, 3.63) is 59.9 Å². The van der Waals surface area contributed by atoms with E-state index in [-0.39, 0.29) is 5.82 Å². The zero-order chi connectivity index (χ0) is 13.5. The lowest BCUT2D eigenvalue weighted by molar-refractivity contribution is -0.140. The van der Waals surface area contributed by atoms with Gasteiger partial charge in [-0.25, -0.2) is 4.39 Å². The summed E-state index contributed by atoms with van der Waals surface area (Å²) < 4.78 is 12.9. The fraction of sp³-hybridized carbons (Fsp3) is 0.188. The second-order valence-electron chi connectivity index (χ2n) is 4.97. The van der Waals surface area contributed by atoms with Crippen molar-refractivity contribution in [1.29, 1.82) is 0 Å². The summed E-state index contributed by atoms with van der Waals surface area (Å²) in [6, 6.07) is 13.8. The monoisotopic (exact) mass is 256 g/mol. The van der Waals surface area contributed by atoms with Crippen LogP contribution < -0.4 is 0 Å². The minimum absolute atomic E-state index is 0.261. The smallest absolute Gasteiger partial charge is 0.314 e. The van der Waals surface area contributed by atoms with Crippen LogP contribution >= 0.6 is 0 Å². The Hall–Kier alpha value is -2.16. The van der Waals surface area contributed by atoms with Crippen LogP contribution in [-0.4, -0.2) is 11.1 Å². The van der Waals surface area contributed by atoms with Gasteiger partial charge in [0, 0.05) is 0 Å². The second-order valence-corrected chi connectivity index (χ2v) is 4.97. The number of benzene rings is 2. The molecule has 0 amide bonds. The van der Waals surface area contributed by atoms with Crippen LogP contribution in [0.2, 0.25) is 0 Å². The Morgan fingerprint density at radius 2 is 1.42 bits per heavy atom. The van der Waals surface area contributed by atoms with Gasteiger partial charge in [0.15, 0.2) is 0 Å². The molecule has 0 radical (unpaired) electrons. The average molecular weight is 256 g/mol. The summed E-state index contributed by atoms with van der Waals surface area (Å²) in [6.07, 6.45) is 1.41. The predicted molar refractivity (Wildman–Crippen MR) is 70.4 cm³/mol. The summed E-state index contributed by atoms with van der Waals surface area (Å²) in [5, 5.41) is 9.23. The van der Waals surface area contributed by atoms with Crippen molar-refractivity contribution in [1.82, 2.24) is 0 Å². The van der Waals surface area contributed by atoms with Gasteiger partial charge in [0.25, 0.3) is 0 Å². The molecule has 0 atom stereocenters. The number of halogens is 1. The van der Waals surface area contributed by atoms with Crippen molar-refractivity contribution in [2.75, 3.05) is 0 Å². The van der Waals surface area contributed by atoms with Gasteiger partial charge in [-0.15, -0.1) is 0 Å². The van der Waals surface area contributed by atoms with Crippen molar-refractivity contribution in [2.45, 2.75) is 18.3 Å². The number of aliphatic carboxylic acids is 1. The molecule has 2 nitrogen and oxygen atoms in total. The van der Waals surface area contributed by atoms with Crippen LogP contribution in [0.3, 0.4) is 0 Å². The van der Waals surface area contributed by atoms with E-state index >= 15 is 0 Å². The molecule has 0 saturated heterocycles. The summed E-state index contributed by atoms with van der Waals surface area (Å²) in [5.74, 6) is -1.01. The lowest BCUT2D eigenvalue weighted by Crippen LogP contribution is -2.19. The summed E-state index contributed by atoms with van der Waals surface area (Å²) >= 11 is 0. The van der Waals surface area contributed by atoms with Crippen molar-refractivity contribution in [3.8, 4) is 11.1 Å². The molecule has 1 aliphatic carbocycles. The fourth-order valence-electron chi connectivity index (χ4n) is 2.38. The van der Waals surface area contributed by atoms with Gasteiger partial charge in [-0.2, -0.15) is 0 Å². The molecular weight excluding hydrogens is 243 g/mol. The van der Waals surface area contributed by atoms with E-state index < -0.39 is 11.4 Å². The van der Waals surface area contributed by atoms with E-state index in [0.717, 1.165) is 16.7 Å². The van der Waals surface area contributed by atoms with Gasteiger partial charge >= 0.3 is 5.97 Å². The van der Waals surface area contributed by atoms with Gasteiger partial charge in [-0.05, 0) is 41.7 Å². The molecule has 3 heteroatoms. The molecule has 1 fully saturated rings. The molecule has 0 unspecified atom stereocenters. The molecular formula is C16H13FO2. The highest BCUT2D eigenvalue weighted by molar-refractivity contribution is 5.85. The number of carbonyl (C=O) groups is 1. The highest BCUT2D eigenvalue weighted by Gasteiger charge is 2.51. The van der Waals surface area contributed by atoms with E-state index in [1.807, 2.05) is 24.3 Å². The quantitative estimate of drug-likeness (QED) is 0.910. The number of carboxylic acid groups (broad SMARTS) is 1. The van der Waals surface area contributed by atoms with Crippen LogP contribution in [-0.2, 0) is 10.2 Å². The van der Waals surface area contributed by atoms with Crippen LogP contribution in [0, 0.1) is 5.82 Å². The summed E-state index contributed by atoms with van der Waals surface area (Å²) in [4.78, 5) is 11.2. The molecule has 2 aromatic carbocycles. The van der Waals surface area contributed by atoms with Gasteiger partial charge < -0.3 is 5.11 Å². The molecule has 1 aliphatic rings. The highest BCUT2D eigenvalue weighted by atomic mass is 19.1. The number of rotatable bonds is 3. The Labute approximate surface area is 110 Å². The van der Waals surface area contributed by atoms with Crippen molar-refractivity contribution in [3.63, 3.8) is 0 Å². The van der Waals surface area contributed by atoms with E-state index in [4.69, 9.17) is 0 Å². The van der Waals surface area contributed by atoms with Gasteiger partial charge in [-0.3, -0.25) is 4.79 Å². The number of hydrogen-bond acceptors (Lipinski definition) is 1. The maximum absolute atomic E-state index is 12.9.